The first kappa shape index (κ1) is 25.0. The van der Waals surface area contributed by atoms with Crippen molar-refractivity contribution in [3.8, 4) is 5.69 Å². The number of nitrogens with zero attached hydrogens (tertiary/aromatic N) is 4. The third-order valence-electron chi connectivity index (χ3n) is 7.47. The molecule has 2 aromatic heterocycles. The Balaban J connectivity index is 1.15. The summed E-state index contributed by atoms with van der Waals surface area (Å²) in [6.07, 6.45) is 2.77. The van der Waals surface area contributed by atoms with Crippen molar-refractivity contribution in [1.82, 2.24) is 19.8 Å². The summed E-state index contributed by atoms with van der Waals surface area (Å²) in [4.78, 5) is 22.2. The predicted octanol–water partition coefficient (Wildman–Crippen LogP) is 3.77. The number of β-amino-alcohol motifs (C(OH)–C–C–N with tert-alkyl or cyclic N) is 1. The third kappa shape index (κ3) is 5.12. The number of aliphatic hydroxyl groups is 1. The van der Waals surface area contributed by atoms with Crippen LogP contribution in [0, 0.1) is 27.7 Å². The maximum Gasteiger partial charge on any atom is 0.271 e. The number of imidazole rings is 1. The molecule has 4 aromatic rings. The van der Waals surface area contributed by atoms with E-state index in [2.05, 4.69) is 52.1 Å². The Hall–Kier alpha value is -3.62. The summed E-state index contributed by atoms with van der Waals surface area (Å²) in [5.41, 5.74) is 5.99. The number of carbonyl (C=O) groups excluding carboxylic acids is 1. The molecule has 8 heteroatoms. The molecule has 1 amide bonds. The Bertz CT molecular complexity index is 1410. The summed E-state index contributed by atoms with van der Waals surface area (Å²) < 4.78 is 7.25. The first-order valence-electron chi connectivity index (χ1n) is 12.8. The fraction of sp³-hybridized carbons (Fsp3) is 0.379. The Morgan fingerprint density at radius 3 is 2.59 bits per heavy atom. The lowest BCUT2D eigenvalue weighted by Crippen LogP contribution is -2.50. The van der Waals surface area contributed by atoms with Crippen LogP contribution < -0.4 is 10.2 Å². The number of hydrogen-bond donors (Lipinski definition) is 2. The standard InChI is InChI=1S/C29H35N5O3/c1-19-6-5-7-27(20(19)2)33-12-10-32(11-13-33)16-26(35)15-30-29(36)28-21(3)34(22(4)31-28)25-9-8-23-17-37-18-24(23)14-25/h5-9,14,17-18,26,35H,10-13,15-16H2,1-4H3,(H,30,36). The number of amides is 1. The zero-order chi connectivity index (χ0) is 26.1. The fourth-order valence-electron chi connectivity index (χ4n) is 5.23. The van der Waals surface area contributed by atoms with Gasteiger partial charge in [0.15, 0.2) is 0 Å². The molecule has 1 aliphatic heterocycles. The minimum absolute atomic E-state index is 0.183. The van der Waals surface area contributed by atoms with Gasteiger partial charge < -0.3 is 24.3 Å². The molecule has 3 heterocycles. The molecule has 0 saturated carbocycles. The van der Waals surface area contributed by atoms with Gasteiger partial charge in [-0.05, 0) is 63.1 Å². The molecule has 2 N–H and O–H groups in total. The number of carbonyl (C=O) groups is 1. The Labute approximate surface area is 217 Å². The minimum atomic E-state index is -0.650. The van der Waals surface area contributed by atoms with Crippen molar-refractivity contribution in [2.24, 2.45) is 0 Å². The Morgan fingerprint density at radius 2 is 1.81 bits per heavy atom. The SMILES string of the molecule is Cc1cccc(N2CCN(CC(O)CNC(=O)c3nc(C)n(-c4ccc5cocc5c4)c3C)CC2)c1C. The van der Waals surface area contributed by atoms with Crippen LogP contribution in [-0.4, -0.2) is 70.8 Å². The van der Waals surface area contributed by atoms with Gasteiger partial charge in [-0.2, -0.15) is 0 Å². The van der Waals surface area contributed by atoms with Gasteiger partial charge in [-0.15, -0.1) is 0 Å². The molecular formula is C29H35N5O3. The van der Waals surface area contributed by atoms with Crippen LogP contribution in [-0.2, 0) is 0 Å². The van der Waals surface area contributed by atoms with Crippen molar-refractivity contribution >= 4 is 22.4 Å². The highest BCUT2D eigenvalue weighted by molar-refractivity contribution is 5.93. The summed E-state index contributed by atoms with van der Waals surface area (Å²) in [6, 6.07) is 12.4. The maximum atomic E-state index is 13.0. The average Bonchev–Trinajstić information content (AvgIpc) is 3.48. The van der Waals surface area contributed by atoms with Crippen LogP contribution in [0.2, 0.25) is 0 Å². The second-order valence-corrected chi connectivity index (χ2v) is 9.98. The smallest absolute Gasteiger partial charge is 0.271 e. The first-order chi connectivity index (χ1) is 17.8. The van der Waals surface area contributed by atoms with Crippen molar-refractivity contribution in [3.05, 3.63) is 77.3 Å². The van der Waals surface area contributed by atoms with Crippen LogP contribution in [0.5, 0.6) is 0 Å². The normalized spacial score (nSPS) is 15.3. The number of hydrogen-bond acceptors (Lipinski definition) is 6. The van der Waals surface area contributed by atoms with E-state index in [0.717, 1.165) is 54.2 Å². The van der Waals surface area contributed by atoms with E-state index in [1.165, 1.54) is 16.8 Å². The van der Waals surface area contributed by atoms with E-state index >= 15 is 0 Å². The number of benzene rings is 2. The summed E-state index contributed by atoms with van der Waals surface area (Å²) in [5.74, 6) is 0.454. The van der Waals surface area contributed by atoms with Crippen molar-refractivity contribution in [1.29, 1.82) is 0 Å². The summed E-state index contributed by atoms with van der Waals surface area (Å²) in [5, 5.41) is 15.5. The summed E-state index contributed by atoms with van der Waals surface area (Å²) in [6.45, 7) is 12.4. The highest BCUT2D eigenvalue weighted by atomic mass is 16.3. The van der Waals surface area contributed by atoms with Gasteiger partial charge in [0.05, 0.1) is 24.3 Å². The van der Waals surface area contributed by atoms with Crippen LogP contribution in [0.15, 0.2) is 53.3 Å². The highest BCUT2D eigenvalue weighted by Crippen LogP contribution is 2.25. The van der Waals surface area contributed by atoms with Gasteiger partial charge in [-0.25, -0.2) is 4.98 Å². The number of nitrogens with one attached hydrogen (secondary N) is 1. The van der Waals surface area contributed by atoms with Crippen molar-refractivity contribution in [2.45, 2.75) is 33.8 Å². The zero-order valence-electron chi connectivity index (χ0n) is 22.0. The van der Waals surface area contributed by atoms with E-state index in [1.54, 1.807) is 12.5 Å². The van der Waals surface area contributed by atoms with E-state index < -0.39 is 6.10 Å². The summed E-state index contributed by atoms with van der Waals surface area (Å²) in [7, 11) is 0. The molecule has 1 atom stereocenters. The number of aliphatic hydroxyl groups excluding tert-OH is 1. The molecule has 1 aliphatic rings. The highest BCUT2D eigenvalue weighted by Gasteiger charge is 2.23. The van der Waals surface area contributed by atoms with Crippen LogP contribution in [0.1, 0.15) is 33.1 Å². The average molecular weight is 502 g/mol. The number of furan rings is 1. The molecule has 1 saturated heterocycles. The minimum Gasteiger partial charge on any atom is -0.471 e. The van der Waals surface area contributed by atoms with Gasteiger partial charge in [0.1, 0.15) is 11.5 Å². The molecule has 1 fully saturated rings. The second-order valence-electron chi connectivity index (χ2n) is 9.98. The first-order valence-corrected chi connectivity index (χ1v) is 12.8. The molecule has 37 heavy (non-hydrogen) atoms. The number of rotatable bonds is 7. The lowest BCUT2D eigenvalue weighted by molar-refractivity contribution is 0.0847. The molecular weight excluding hydrogens is 466 g/mol. The predicted molar refractivity (Wildman–Crippen MR) is 146 cm³/mol. The molecule has 0 radical (unpaired) electrons. The molecule has 194 valence electrons. The number of piperazine rings is 1. The van der Waals surface area contributed by atoms with Gasteiger partial charge in [0.2, 0.25) is 0 Å². The van der Waals surface area contributed by atoms with Crippen molar-refractivity contribution in [3.63, 3.8) is 0 Å². The monoisotopic (exact) mass is 501 g/mol. The molecule has 1 unspecified atom stereocenters. The number of anilines is 1. The van der Waals surface area contributed by atoms with E-state index in [9.17, 15) is 9.90 Å². The number of aryl methyl sites for hydroxylation is 2. The number of aromatic nitrogens is 2. The quantitative estimate of drug-likeness (QED) is 0.401. The molecule has 2 aromatic carbocycles. The van der Waals surface area contributed by atoms with Gasteiger partial charge in [-0.1, -0.05) is 12.1 Å². The van der Waals surface area contributed by atoms with Crippen LogP contribution in [0.4, 0.5) is 5.69 Å². The van der Waals surface area contributed by atoms with Gasteiger partial charge in [0, 0.05) is 61.4 Å². The van der Waals surface area contributed by atoms with Crippen molar-refractivity contribution in [2.75, 3.05) is 44.2 Å². The Kier molecular flexibility index (Phi) is 7.04. The lowest BCUT2D eigenvalue weighted by atomic mass is 10.1. The zero-order valence-corrected chi connectivity index (χ0v) is 22.0. The molecule has 0 spiro atoms. The largest absolute Gasteiger partial charge is 0.471 e. The van der Waals surface area contributed by atoms with E-state index in [1.807, 2.05) is 36.6 Å². The van der Waals surface area contributed by atoms with E-state index in [-0.39, 0.29) is 12.5 Å². The van der Waals surface area contributed by atoms with Crippen LogP contribution >= 0.6 is 0 Å². The molecule has 0 bridgehead atoms. The fourth-order valence-corrected chi connectivity index (χ4v) is 5.23. The van der Waals surface area contributed by atoms with E-state index in [0.29, 0.717) is 12.2 Å². The third-order valence-corrected chi connectivity index (χ3v) is 7.47. The van der Waals surface area contributed by atoms with E-state index in [4.69, 9.17) is 4.42 Å². The Morgan fingerprint density at radius 1 is 1.05 bits per heavy atom. The molecule has 0 aliphatic carbocycles. The van der Waals surface area contributed by atoms with Crippen LogP contribution in [0.25, 0.3) is 16.5 Å². The van der Waals surface area contributed by atoms with Crippen LogP contribution in [0.3, 0.4) is 0 Å². The number of fused-ring (bicyclic) bond motifs is 1. The van der Waals surface area contributed by atoms with Crippen molar-refractivity contribution < 1.29 is 14.3 Å². The molecule has 5 rings (SSSR count). The second kappa shape index (κ2) is 10.4. The van der Waals surface area contributed by atoms with Gasteiger partial charge in [0.25, 0.3) is 5.91 Å². The maximum absolute atomic E-state index is 13.0. The molecule has 8 nitrogen and oxygen atoms in total. The lowest BCUT2D eigenvalue weighted by Gasteiger charge is -2.37. The topological polar surface area (TPSA) is 86.8 Å². The van der Waals surface area contributed by atoms with Gasteiger partial charge >= 0.3 is 0 Å². The summed E-state index contributed by atoms with van der Waals surface area (Å²) >= 11 is 0. The van der Waals surface area contributed by atoms with Gasteiger partial charge in [-0.3, -0.25) is 9.69 Å².